The summed E-state index contributed by atoms with van der Waals surface area (Å²) in [4.78, 5) is 13.8. The Labute approximate surface area is 249 Å². The van der Waals surface area contributed by atoms with Gasteiger partial charge in [0.05, 0.1) is 6.07 Å². The maximum Gasteiger partial charge on any atom is 0.195 e. The molecule has 0 amide bonds. The molecular weight excluding hydrogens is 535 g/mol. The van der Waals surface area contributed by atoms with Crippen LogP contribution in [0.25, 0.3) is 27.1 Å². The van der Waals surface area contributed by atoms with Crippen molar-refractivity contribution in [3.05, 3.63) is 127 Å². The summed E-state index contributed by atoms with van der Waals surface area (Å²) in [6, 6.07) is 27.0. The molecule has 4 aromatic carbocycles. The second-order valence-corrected chi connectivity index (χ2v) is 10.1. The number of fused-ring (bicyclic) bond motifs is 2. The molecule has 0 saturated carbocycles. The topological polar surface area (TPSA) is 52.9 Å². The van der Waals surface area contributed by atoms with Crippen LogP contribution in [0.3, 0.4) is 0 Å². The van der Waals surface area contributed by atoms with Gasteiger partial charge in [-0.2, -0.15) is 5.26 Å². The Morgan fingerprint density at radius 3 is 1.82 bits per heavy atom. The van der Waals surface area contributed by atoms with Crippen LogP contribution in [0.1, 0.15) is 63.1 Å². The number of carbonyl (C=O) groups is 1. The largest absolute Gasteiger partial charge is 0.360 e. The zero-order chi connectivity index (χ0) is 27.2. The number of nitriles is 1. The molecule has 0 saturated heterocycles. The quantitative estimate of drug-likeness (QED) is 0.112. The van der Waals surface area contributed by atoms with Gasteiger partial charge < -0.3 is 12.7 Å². The van der Waals surface area contributed by atoms with Crippen LogP contribution < -0.4 is 5.32 Å². The van der Waals surface area contributed by atoms with Crippen LogP contribution in [-0.4, -0.2) is 5.78 Å². The summed E-state index contributed by atoms with van der Waals surface area (Å²) < 4.78 is 0. The first kappa shape index (κ1) is 32.3. The molecule has 208 valence electrons. The molecule has 1 aliphatic carbocycles. The minimum atomic E-state index is 0. The zero-order valence-electron chi connectivity index (χ0n) is 24.1. The number of hydrogen-bond acceptors (Lipinski definition) is 3. The standard InChI is InChI=1S/C33H31NO.C2H3N.CH3.Ni/c1-21(2)26-16-10-17-27(22(3)4)32(26)34-20-25-13-9-18-30(33(25)35)31-28-14-7-5-11-23(28)19-24-12-6-8-15-29(24)31;1-2-3;;/h5-22,34H,1-4H3;1H3;1H3;/q;;-1;/b25-20+;;;. The molecule has 1 N–H and O–H groups in total. The van der Waals surface area contributed by atoms with Gasteiger partial charge in [-0.05, 0) is 56.6 Å². The number of carbonyl (C=O) groups excluding carboxylic acids is 1. The summed E-state index contributed by atoms with van der Waals surface area (Å²) >= 11 is 0. The van der Waals surface area contributed by atoms with Crippen molar-refractivity contribution >= 4 is 38.6 Å². The number of rotatable bonds is 5. The Bertz CT molecular complexity index is 1550. The van der Waals surface area contributed by atoms with E-state index < -0.39 is 0 Å². The van der Waals surface area contributed by atoms with Crippen molar-refractivity contribution in [2.45, 2.75) is 46.5 Å². The second-order valence-electron chi connectivity index (χ2n) is 10.1. The predicted molar refractivity (Wildman–Crippen MR) is 168 cm³/mol. The van der Waals surface area contributed by atoms with Crippen molar-refractivity contribution in [2.75, 3.05) is 5.32 Å². The molecule has 3 nitrogen and oxygen atoms in total. The number of benzene rings is 4. The van der Waals surface area contributed by atoms with Crippen molar-refractivity contribution in [3.8, 4) is 6.07 Å². The SMILES string of the molecule is CC#N.CC(C)c1cccc(C(C)C)c1N/C=C1\C=CC=C(c2c3ccccc3cc3ccccc23)C1=O.[CH3-].[Ni]. The van der Waals surface area contributed by atoms with Gasteiger partial charge >= 0.3 is 0 Å². The summed E-state index contributed by atoms with van der Waals surface area (Å²) in [6.45, 7) is 10.2. The first-order chi connectivity index (χ1) is 18.4. The van der Waals surface area contributed by atoms with Gasteiger partial charge in [-0.15, -0.1) is 0 Å². The minimum Gasteiger partial charge on any atom is -0.360 e. The number of anilines is 1. The predicted octanol–water partition coefficient (Wildman–Crippen LogP) is 9.74. The first-order valence-corrected chi connectivity index (χ1v) is 13.1. The van der Waals surface area contributed by atoms with E-state index in [-0.39, 0.29) is 29.7 Å². The number of allylic oxidation sites excluding steroid dienone is 5. The third-order valence-electron chi connectivity index (χ3n) is 6.83. The summed E-state index contributed by atoms with van der Waals surface area (Å²) in [5.41, 5.74) is 6.03. The average Bonchev–Trinajstić information content (AvgIpc) is 2.91. The van der Waals surface area contributed by atoms with Crippen LogP contribution >= 0.6 is 0 Å². The van der Waals surface area contributed by atoms with E-state index in [0.717, 1.165) is 38.4 Å². The van der Waals surface area contributed by atoms with E-state index in [2.05, 4.69) is 81.5 Å². The van der Waals surface area contributed by atoms with E-state index in [1.54, 1.807) is 6.07 Å². The molecule has 0 unspecified atom stereocenters. The molecule has 0 heterocycles. The molecule has 0 radical (unpaired) electrons. The maximum atomic E-state index is 13.8. The monoisotopic (exact) mass is 571 g/mol. The fourth-order valence-corrected chi connectivity index (χ4v) is 5.04. The molecule has 0 atom stereocenters. The molecule has 5 rings (SSSR count). The molecule has 4 aromatic rings. The smallest absolute Gasteiger partial charge is 0.195 e. The van der Waals surface area contributed by atoms with Gasteiger partial charge in [-0.3, -0.25) is 4.79 Å². The van der Waals surface area contributed by atoms with Crippen LogP contribution in [0.15, 0.2) is 103 Å². The van der Waals surface area contributed by atoms with Gasteiger partial charge in [-0.25, -0.2) is 0 Å². The molecule has 4 heteroatoms. The van der Waals surface area contributed by atoms with Crippen LogP contribution in [-0.2, 0) is 21.3 Å². The van der Waals surface area contributed by atoms with Gasteiger partial charge in [0.25, 0.3) is 0 Å². The van der Waals surface area contributed by atoms with Crippen LogP contribution in [0.4, 0.5) is 5.69 Å². The summed E-state index contributed by atoms with van der Waals surface area (Å²) in [7, 11) is 0. The van der Waals surface area contributed by atoms with Crippen molar-refractivity contribution in [1.82, 2.24) is 0 Å². The third kappa shape index (κ3) is 6.61. The first-order valence-electron chi connectivity index (χ1n) is 13.1. The number of Topliss-reactive ketones (excluding diaryl/α,β-unsaturated/α-hetero) is 1. The number of nitrogens with zero attached hydrogens (tertiary/aromatic N) is 1. The van der Waals surface area contributed by atoms with Gasteiger partial charge in [0.1, 0.15) is 0 Å². The summed E-state index contributed by atoms with van der Waals surface area (Å²) in [5.74, 6) is 0.795. The molecule has 40 heavy (non-hydrogen) atoms. The van der Waals surface area contributed by atoms with E-state index in [0.29, 0.717) is 17.4 Å². The van der Waals surface area contributed by atoms with E-state index in [9.17, 15) is 4.79 Å². The van der Waals surface area contributed by atoms with Crippen molar-refractivity contribution < 1.29 is 21.3 Å². The zero-order valence-corrected chi connectivity index (χ0v) is 25.1. The Kier molecular flexibility index (Phi) is 11.7. The van der Waals surface area contributed by atoms with Crippen molar-refractivity contribution in [2.24, 2.45) is 0 Å². The Morgan fingerprint density at radius 1 is 0.825 bits per heavy atom. The van der Waals surface area contributed by atoms with Crippen LogP contribution in [0.5, 0.6) is 0 Å². The van der Waals surface area contributed by atoms with E-state index in [1.807, 2.05) is 48.7 Å². The number of nitrogens with one attached hydrogen (secondary N) is 1. The molecule has 0 spiro atoms. The van der Waals surface area contributed by atoms with E-state index in [1.165, 1.54) is 18.1 Å². The third-order valence-corrected chi connectivity index (χ3v) is 6.83. The molecule has 0 bridgehead atoms. The van der Waals surface area contributed by atoms with E-state index >= 15 is 0 Å². The molecule has 0 aromatic heterocycles. The fourth-order valence-electron chi connectivity index (χ4n) is 5.04. The number of ketones is 1. The van der Waals surface area contributed by atoms with Gasteiger partial charge in [-0.1, -0.05) is 107 Å². The van der Waals surface area contributed by atoms with Crippen LogP contribution in [0.2, 0.25) is 0 Å². The minimum absolute atomic E-state index is 0. The Hall–Kier alpha value is -3.93. The van der Waals surface area contributed by atoms with Gasteiger partial charge in [0.2, 0.25) is 0 Å². The molecule has 0 fully saturated rings. The van der Waals surface area contributed by atoms with Crippen LogP contribution in [0, 0.1) is 18.8 Å². The summed E-state index contributed by atoms with van der Waals surface area (Å²) in [5, 5.41) is 15.3. The van der Waals surface area contributed by atoms with Crippen molar-refractivity contribution in [3.63, 3.8) is 0 Å². The Morgan fingerprint density at radius 2 is 1.32 bits per heavy atom. The maximum absolute atomic E-state index is 13.8. The van der Waals surface area contributed by atoms with E-state index in [4.69, 9.17) is 5.26 Å². The van der Waals surface area contributed by atoms with Gasteiger partial charge in [0, 0.05) is 52.0 Å². The Balaban J connectivity index is 0.00000107. The van der Waals surface area contributed by atoms with Gasteiger partial charge in [0.15, 0.2) is 5.78 Å². The number of hydrogen-bond donors (Lipinski definition) is 1. The number of para-hydroxylation sites is 1. The average molecular weight is 572 g/mol. The molecular formula is C36H37N2NiO-. The second kappa shape index (κ2) is 14.5. The van der Waals surface area contributed by atoms with Crippen molar-refractivity contribution in [1.29, 1.82) is 5.26 Å². The molecule has 1 aliphatic rings. The normalized spacial score (nSPS) is 13.3. The molecule has 0 aliphatic heterocycles. The fraction of sp³-hybridized carbons (Fsp3) is 0.194. The summed E-state index contributed by atoms with van der Waals surface area (Å²) in [6.07, 6.45) is 7.72.